The number of nitrogens with zero attached hydrogens (tertiary/aromatic N) is 1. The summed E-state index contributed by atoms with van der Waals surface area (Å²) in [5, 5.41) is 3.15. The zero-order chi connectivity index (χ0) is 19.8. The first-order chi connectivity index (χ1) is 13.5. The van der Waals surface area contributed by atoms with Crippen LogP contribution in [0.1, 0.15) is 47.3 Å². The van der Waals surface area contributed by atoms with E-state index in [2.05, 4.69) is 34.6 Å². The van der Waals surface area contributed by atoms with Gasteiger partial charge in [-0.1, -0.05) is 29.8 Å². The van der Waals surface area contributed by atoms with Crippen LogP contribution in [-0.4, -0.2) is 15.5 Å². The van der Waals surface area contributed by atoms with E-state index >= 15 is 0 Å². The van der Waals surface area contributed by atoms with Gasteiger partial charge in [-0.2, -0.15) is 0 Å². The fraction of sp³-hybridized carbons (Fsp3) is 0.318. The maximum absolute atomic E-state index is 12.9. The molecule has 0 bridgehead atoms. The maximum atomic E-state index is 12.9. The van der Waals surface area contributed by atoms with Gasteiger partial charge in [0.25, 0.3) is 5.91 Å². The van der Waals surface area contributed by atoms with Gasteiger partial charge in [0.05, 0.1) is 17.1 Å². The quantitative estimate of drug-likeness (QED) is 0.671. The molecule has 2 aromatic carbocycles. The van der Waals surface area contributed by atoms with E-state index in [1.165, 1.54) is 10.1 Å². The second kappa shape index (κ2) is 7.11. The molecule has 6 heteroatoms. The van der Waals surface area contributed by atoms with Crippen LogP contribution in [0, 0.1) is 12.8 Å². The van der Waals surface area contributed by atoms with Crippen molar-refractivity contribution in [2.75, 3.05) is 0 Å². The molecule has 1 aliphatic carbocycles. The molecule has 1 fully saturated rings. The van der Waals surface area contributed by atoms with Gasteiger partial charge in [-0.25, -0.2) is 0 Å². The Hall–Kier alpha value is -3.15. The number of aromatic nitrogens is 2. The average Bonchev–Trinajstić information content (AvgIpc) is 3.52. The van der Waals surface area contributed by atoms with Gasteiger partial charge in [-0.3, -0.25) is 14.4 Å². The fourth-order valence-corrected chi connectivity index (χ4v) is 3.64. The van der Waals surface area contributed by atoms with Gasteiger partial charge in [-0.05, 0) is 56.4 Å². The summed E-state index contributed by atoms with van der Waals surface area (Å²) < 4.78 is 1.41. The number of H-pyrrole nitrogens is 1. The van der Waals surface area contributed by atoms with Crippen LogP contribution in [0.5, 0.6) is 0 Å². The Morgan fingerprint density at radius 3 is 2.54 bits per heavy atom. The number of amides is 1. The lowest BCUT2D eigenvalue weighted by atomic mass is 10.0. The second-order valence-electron chi connectivity index (χ2n) is 7.43. The smallest absolute Gasteiger partial charge is 0.316 e. The fourth-order valence-electron chi connectivity index (χ4n) is 3.64. The normalized spacial score (nSPS) is 14.8. The number of nitrogens with one attached hydrogen (secondary N) is 2. The number of aromatic amines is 1. The highest BCUT2D eigenvalue weighted by Gasteiger charge is 2.33. The van der Waals surface area contributed by atoms with Gasteiger partial charge in [0.1, 0.15) is 0 Å². The molecular formula is C22H23N3O3. The molecule has 144 valence electrons. The Morgan fingerprint density at radius 2 is 1.89 bits per heavy atom. The number of carbonyl (C=O) groups is 1. The van der Waals surface area contributed by atoms with Gasteiger partial charge in [-0.15, -0.1) is 0 Å². The first-order valence-corrected chi connectivity index (χ1v) is 9.62. The molecule has 4 rings (SSSR count). The van der Waals surface area contributed by atoms with Crippen LogP contribution in [0.3, 0.4) is 0 Å². The summed E-state index contributed by atoms with van der Waals surface area (Å²) in [6.45, 7) is 4.24. The molecule has 1 heterocycles. The second-order valence-corrected chi connectivity index (χ2v) is 7.43. The molecule has 0 saturated heterocycles. The third-order valence-electron chi connectivity index (χ3n) is 5.37. The van der Waals surface area contributed by atoms with Crippen molar-refractivity contribution in [1.82, 2.24) is 14.9 Å². The first-order valence-electron chi connectivity index (χ1n) is 9.62. The Balaban J connectivity index is 1.66. The standard InChI is InChI=1S/C22H23N3O3/c1-3-25-18-11-10-16(12-17(18)23-21(27)22(25)28)20(26)24-19(15-8-9-15)14-6-4-13(2)5-7-14/h4-7,10-12,15,19H,3,8-9H2,1-2H3,(H,23,27)(H,24,26). The average molecular weight is 377 g/mol. The monoisotopic (exact) mass is 377 g/mol. The molecule has 1 saturated carbocycles. The summed E-state index contributed by atoms with van der Waals surface area (Å²) in [6.07, 6.45) is 2.21. The van der Waals surface area contributed by atoms with Crippen LogP contribution in [0.25, 0.3) is 11.0 Å². The van der Waals surface area contributed by atoms with E-state index in [0.29, 0.717) is 29.1 Å². The van der Waals surface area contributed by atoms with Gasteiger partial charge < -0.3 is 14.9 Å². The van der Waals surface area contributed by atoms with Crippen LogP contribution in [0.2, 0.25) is 0 Å². The third-order valence-corrected chi connectivity index (χ3v) is 5.37. The van der Waals surface area contributed by atoms with Crippen LogP contribution in [-0.2, 0) is 6.54 Å². The topological polar surface area (TPSA) is 84.0 Å². The number of hydrogen-bond donors (Lipinski definition) is 2. The predicted molar refractivity (Wildman–Crippen MR) is 109 cm³/mol. The van der Waals surface area contributed by atoms with E-state index in [1.807, 2.05) is 13.8 Å². The van der Waals surface area contributed by atoms with Gasteiger partial charge >= 0.3 is 11.1 Å². The number of aryl methyl sites for hydroxylation is 2. The lowest BCUT2D eigenvalue weighted by Crippen LogP contribution is -2.36. The summed E-state index contributed by atoms with van der Waals surface area (Å²) >= 11 is 0. The molecule has 0 radical (unpaired) electrons. The number of fused-ring (bicyclic) bond motifs is 1. The van der Waals surface area contributed by atoms with E-state index in [1.54, 1.807) is 18.2 Å². The minimum atomic E-state index is -0.678. The molecule has 0 aliphatic heterocycles. The van der Waals surface area contributed by atoms with Crippen molar-refractivity contribution in [2.24, 2.45) is 5.92 Å². The van der Waals surface area contributed by atoms with E-state index in [9.17, 15) is 14.4 Å². The Labute approximate surface area is 162 Å². The summed E-state index contributed by atoms with van der Waals surface area (Å²) in [5.74, 6) is 0.270. The largest absolute Gasteiger partial charge is 0.345 e. The summed E-state index contributed by atoms with van der Waals surface area (Å²) in [5.41, 5.74) is 2.59. The molecule has 0 spiro atoms. The highest BCUT2D eigenvalue weighted by molar-refractivity contribution is 5.97. The number of rotatable bonds is 5. The van der Waals surface area contributed by atoms with Gasteiger partial charge in [0, 0.05) is 12.1 Å². The van der Waals surface area contributed by atoms with Gasteiger partial charge in [0.15, 0.2) is 0 Å². The molecule has 2 N–H and O–H groups in total. The van der Waals surface area contributed by atoms with Crippen molar-refractivity contribution >= 4 is 16.9 Å². The summed E-state index contributed by atoms with van der Waals surface area (Å²) in [6, 6.07) is 13.3. The molecule has 3 aromatic rings. The van der Waals surface area contributed by atoms with Crippen molar-refractivity contribution in [3.8, 4) is 0 Å². The Bertz CT molecular complexity index is 1150. The Kier molecular flexibility index (Phi) is 4.63. The van der Waals surface area contributed by atoms with Crippen molar-refractivity contribution in [3.05, 3.63) is 79.9 Å². The minimum Gasteiger partial charge on any atom is -0.345 e. The Morgan fingerprint density at radius 1 is 1.18 bits per heavy atom. The molecule has 28 heavy (non-hydrogen) atoms. The van der Waals surface area contributed by atoms with Crippen LogP contribution in [0.15, 0.2) is 52.1 Å². The molecule has 1 unspecified atom stereocenters. The highest BCUT2D eigenvalue weighted by Crippen LogP contribution is 2.41. The number of carbonyl (C=O) groups excluding carboxylic acids is 1. The van der Waals surface area contributed by atoms with Crippen molar-refractivity contribution in [2.45, 2.75) is 39.3 Å². The molecule has 1 aromatic heterocycles. The highest BCUT2D eigenvalue weighted by atomic mass is 16.2. The zero-order valence-electron chi connectivity index (χ0n) is 16.0. The van der Waals surface area contributed by atoms with E-state index in [0.717, 1.165) is 18.4 Å². The SMILES string of the molecule is CCn1c(=O)c(=O)[nH]c2cc(C(=O)NC(c3ccc(C)cc3)C3CC3)ccc21. The predicted octanol–water partition coefficient (Wildman–Crippen LogP) is 2.90. The van der Waals surface area contributed by atoms with Crippen molar-refractivity contribution in [3.63, 3.8) is 0 Å². The zero-order valence-corrected chi connectivity index (χ0v) is 16.0. The van der Waals surface area contributed by atoms with Crippen LogP contribution < -0.4 is 16.4 Å². The molecule has 1 atom stereocenters. The van der Waals surface area contributed by atoms with Crippen LogP contribution >= 0.6 is 0 Å². The summed E-state index contributed by atoms with van der Waals surface area (Å²) in [7, 11) is 0. The van der Waals surface area contributed by atoms with Gasteiger partial charge in [0.2, 0.25) is 0 Å². The third kappa shape index (κ3) is 3.38. The molecule has 1 amide bonds. The minimum absolute atomic E-state index is 0.0209. The number of benzene rings is 2. The lowest BCUT2D eigenvalue weighted by Gasteiger charge is -2.19. The maximum Gasteiger partial charge on any atom is 0.316 e. The molecule has 1 aliphatic rings. The molecular weight excluding hydrogens is 354 g/mol. The molecule has 6 nitrogen and oxygen atoms in total. The van der Waals surface area contributed by atoms with E-state index in [-0.39, 0.29) is 11.9 Å². The van der Waals surface area contributed by atoms with Crippen LogP contribution in [0.4, 0.5) is 0 Å². The van der Waals surface area contributed by atoms with E-state index in [4.69, 9.17) is 0 Å². The number of hydrogen-bond acceptors (Lipinski definition) is 3. The lowest BCUT2D eigenvalue weighted by molar-refractivity contribution is 0.0932. The first kappa shape index (κ1) is 18.2. The van der Waals surface area contributed by atoms with E-state index < -0.39 is 11.1 Å². The van der Waals surface area contributed by atoms with Crippen molar-refractivity contribution < 1.29 is 4.79 Å². The van der Waals surface area contributed by atoms with Crippen molar-refractivity contribution in [1.29, 1.82) is 0 Å². The summed E-state index contributed by atoms with van der Waals surface area (Å²) in [4.78, 5) is 39.4.